The Morgan fingerprint density at radius 3 is 2.33 bits per heavy atom. The topological polar surface area (TPSA) is 58.2 Å². The first-order valence-electron chi connectivity index (χ1n) is 5.89. The van der Waals surface area contributed by atoms with E-state index in [1.54, 1.807) is 0 Å². The molecule has 4 nitrogen and oxygen atoms in total. The molecule has 2 fully saturated rings. The van der Waals surface area contributed by atoms with Crippen LogP contribution in [0.5, 0.6) is 0 Å². The molecule has 1 unspecified atom stereocenters. The number of sulfonamides is 1. The molecule has 0 aromatic rings. The highest BCUT2D eigenvalue weighted by atomic mass is 32.2. The van der Waals surface area contributed by atoms with Crippen LogP contribution in [0, 0.1) is 0 Å². The lowest BCUT2D eigenvalue weighted by atomic mass is 9.96. The highest BCUT2D eigenvalue weighted by molar-refractivity contribution is 7.89. The van der Waals surface area contributed by atoms with Crippen molar-refractivity contribution in [1.29, 1.82) is 0 Å². The Morgan fingerprint density at radius 2 is 1.80 bits per heavy atom. The Kier molecular flexibility index (Phi) is 3.64. The first-order chi connectivity index (χ1) is 7.16. The Hall–Kier alpha value is -0.130. The van der Waals surface area contributed by atoms with Gasteiger partial charge in [-0.25, -0.2) is 13.1 Å². The molecule has 0 aromatic heterocycles. The van der Waals surface area contributed by atoms with Gasteiger partial charge in [0.2, 0.25) is 10.0 Å². The average molecular weight is 232 g/mol. The molecule has 0 aromatic carbocycles. The number of hydrogen-bond acceptors (Lipinski definition) is 3. The highest BCUT2D eigenvalue weighted by Crippen LogP contribution is 2.18. The molecule has 2 aliphatic rings. The van der Waals surface area contributed by atoms with E-state index in [1.807, 2.05) is 0 Å². The third-order valence-corrected chi connectivity index (χ3v) is 4.83. The van der Waals surface area contributed by atoms with Crippen molar-refractivity contribution in [2.24, 2.45) is 0 Å². The fourth-order valence-corrected chi connectivity index (χ4v) is 3.93. The van der Waals surface area contributed by atoms with Crippen molar-refractivity contribution < 1.29 is 8.42 Å². The molecular weight excluding hydrogens is 212 g/mol. The zero-order chi connectivity index (χ0) is 10.7. The van der Waals surface area contributed by atoms with Crippen LogP contribution in [0.4, 0.5) is 0 Å². The predicted octanol–water partition coefficient (Wildman–Crippen LogP) is 0.600. The minimum absolute atomic E-state index is 0.186. The SMILES string of the molecule is O=S(=O)(CC1CCN1)NC1CCCCC1. The van der Waals surface area contributed by atoms with Crippen LogP contribution >= 0.6 is 0 Å². The van der Waals surface area contributed by atoms with Gasteiger partial charge in [0, 0.05) is 12.1 Å². The maximum Gasteiger partial charge on any atom is 0.213 e. The van der Waals surface area contributed by atoms with E-state index in [1.165, 1.54) is 6.42 Å². The average Bonchev–Trinajstić information content (AvgIpc) is 2.13. The molecule has 0 radical (unpaired) electrons. The molecule has 0 bridgehead atoms. The van der Waals surface area contributed by atoms with Gasteiger partial charge in [-0.15, -0.1) is 0 Å². The highest BCUT2D eigenvalue weighted by Gasteiger charge is 2.26. The van der Waals surface area contributed by atoms with Gasteiger partial charge in [-0.2, -0.15) is 0 Å². The molecule has 1 atom stereocenters. The number of nitrogens with one attached hydrogen (secondary N) is 2. The van der Waals surface area contributed by atoms with Crippen LogP contribution in [0.3, 0.4) is 0 Å². The van der Waals surface area contributed by atoms with Gasteiger partial charge in [-0.1, -0.05) is 19.3 Å². The predicted molar refractivity (Wildman–Crippen MR) is 60.2 cm³/mol. The molecule has 1 aliphatic carbocycles. The molecule has 88 valence electrons. The van der Waals surface area contributed by atoms with Crippen LogP contribution in [0.1, 0.15) is 38.5 Å². The van der Waals surface area contributed by atoms with Crippen molar-refractivity contribution in [3.05, 3.63) is 0 Å². The number of hydrogen-bond donors (Lipinski definition) is 2. The van der Waals surface area contributed by atoms with Crippen molar-refractivity contribution in [1.82, 2.24) is 10.0 Å². The lowest BCUT2D eigenvalue weighted by molar-refractivity contribution is 0.387. The van der Waals surface area contributed by atoms with Crippen molar-refractivity contribution in [2.45, 2.75) is 50.6 Å². The van der Waals surface area contributed by atoms with Gasteiger partial charge in [0.1, 0.15) is 0 Å². The van der Waals surface area contributed by atoms with Crippen molar-refractivity contribution in [3.63, 3.8) is 0 Å². The van der Waals surface area contributed by atoms with Crippen molar-refractivity contribution in [3.8, 4) is 0 Å². The van der Waals surface area contributed by atoms with Crippen molar-refractivity contribution in [2.75, 3.05) is 12.3 Å². The molecule has 1 heterocycles. The standard InChI is InChI=1S/C10H20N2O2S/c13-15(14,8-10-6-7-11-10)12-9-4-2-1-3-5-9/h9-12H,1-8H2. The lowest BCUT2D eigenvalue weighted by Crippen LogP contribution is -2.50. The molecule has 1 saturated heterocycles. The molecule has 2 N–H and O–H groups in total. The van der Waals surface area contributed by atoms with E-state index in [9.17, 15) is 8.42 Å². The maximum atomic E-state index is 11.8. The Bertz CT molecular complexity index is 293. The van der Waals surface area contributed by atoms with Crippen LogP contribution in [0.15, 0.2) is 0 Å². The first-order valence-corrected chi connectivity index (χ1v) is 7.54. The molecule has 2 rings (SSSR count). The van der Waals surface area contributed by atoms with Gasteiger partial charge in [0.25, 0.3) is 0 Å². The zero-order valence-electron chi connectivity index (χ0n) is 9.04. The van der Waals surface area contributed by atoms with Crippen LogP contribution < -0.4 is 10.0 Å². The van der Waals surface area contributed by atoms with E-state index < -0.39 is 10.0 Å². The summed E-state index contributed by atoms with van der Waals surface area (Å²) in [5.74, 6) is 0.253. The Balaban J connectivity index is 1.80. The summed E-state index contributed by atoms with van der Waals surface area (Å²) in [6, 6.07) is 0.384. The monoisotopic (exact) mass is 232 g/mol. The number of rotatable bonds is 4. The smallest absolute Gasteiger partial charge is 0.213 e. The van der Waals surface area contributed by atoms with Gasteiger partial charge in [-0.3, -0.25) is 0 Å². The van der Waals surface area contributed by atoms with E-state index >= 15 is 0 Å². The van der Waals surface area contributed by atoms with E-state index in [-0.39, 0.29) is 17.8 Å². The summed E-state index contributed by atoms with van der Waals surface area (Å²) in [6.45, 7) is 0.962. The zero-order valence-corrected chi connectivity index (χ0v) is 9.85. The first kappa shape index (κ1) is 11.4. The fraction of sp³-hybridized carbons (Fsp3) is 1.00. The normalized spacial score (nSPS) is 28.7. The fourth-order valence-electron chi connectivity index (χ4n) is 2.28. The third-order valence-electron chi connectivity index (χ3n) is 3.30. The van der Waals surface area contributed by atoms with Gasteiger partial charge >= 0.3 is 0 Å². The second-order valence-corrected chi connectivity index (χ2v) is 6.47. The van der Waals surface area contributed by atoms with E-state index in [2.05, 4.69) is 10.0 Å². The summed E-state index contributed by atoms with van der Waals surface area (Å²) in [7, 11) is -3.05. The molecule has 5 heteroatoms. The van der Waals surface area contributed by atoms with E-state index in [0.29, 0.717) is 0 Å². The summed E-state index contributed by atoms with van der Waals surface area (Å²) >= 11 is 0. The molecular formula is C10H20N2O2S. The summed E-state index contributed by atoms with van der Waals surface area (Å²) in [5.41, 5.74) is 0. The molecule has 1 aliphatic heterocycles. The summed E-state index contributed by atoms with van der Waals surface area (Å²) < 4.78 is 26.3. The Morgan fingerprint density at radius 1 is 1.13 bits per heavy atom. The summed E-state index contributed by atoms with van der Waals surface area (Å²) in [4.78, 5) is 0. The summed E-state index contributed by atoms with van der Waals surface area (Å²) in [5, 5.41) is 3.12. The molecule has 0 amide bonds. The Labute approximate surface area is 91.9 Å². The van der Waals surface area contributed by atoms with Crippen LogP contribution in [0.2, 0.25) is 0 Å². The van der Waals surface area contributed by atoms with Gasteiger partial charge in [0.15, 0.2) is 0 Å². The van der Waals surface area contributed by atoms with Crippen LogP contribution in [0.25, 0.3) is 0 Å². The molecule has 1 saturated carbocycles. The largest absolute Gasteiger partial charge is 0.313 e. The lowest BCUT2D eigenvalue weighted by Gasteiger charge is -2.29. The minimum atomic E-state index is -3.05. The van der Waals surface area contributed by atoms with Gasteiger partial charge in [-0.05, 0) is 25.8 Å². The van der Waals surface area contributed by atoms with Gasteiger partial charge < -0.3 is 5.32 Å². The van der Waals surface area contributed by atoms with E-state index in [4.69, 9.17) is 0 Å². The van der Waals surface area contributed by atoms with Crippen molar-refractivity contribution >= 4 is 10.0 Å². The summed E-state index contributed by atoms with van der Waals surface area (Å²) in [6.07, 6.45) is 6.59. The molecule has 15 heavy (non-hydrogen) atoms. The van der Waals surface area contributed by atoms with Crippen LogP contribution in [-0.2, 0) is 10.0 Å². The van der Waals surface area contributed by atoms with E-state index in [0.717, 1.165) is 38.6 Å². The minimum Gasteiger partial charge on any atom is -0.313 e. The molecule has 0 spiro atoms. The van der Waals surface area contributed by atoms with Gasteiger partial charge in [0.05, 0.1) is 5.75 Å². The quantitative estimate of drug-likeness (QED) is 0.746. The maximum absolute atomic E-state index is 11.8. The third kappa shape index (κ3) is 3.43. The van der Waals surface area contributed by atoms with Crippen LogP contribution in [-0.4, -0.2) is 32.8 Å². The second-order valence-electron chi connectivity index (χ2n) is 4.67. The second kappa shape index (κ2) is 4.80.